The number of Topliss-reactive ketones (excluding diaryl/α,β-unsaturated/α-hetero) is 1. The van der Waals surface area contributed by atoms with Gasteiger partial charge in [-0.15, -0.1) is 0 Å². The van der Waals surface area contributed by atoms with Crippen LogP contribution >= 0.6 is 25.1 Å². The number of aryl methyl sites for hydroxylation is 2. The molecule has 1 atom stereocenters. The summed E-state index contributed by atoms with van der Waals surface area (Å²) in [6.07, 6.45) is 1.88. The molecule has 1 fully saturated rings. The summed E-state index contributed by atoms with van der Waals surface area (Å²) in [5.41, 5.74) is 7.50. The lowest BCUT2D eigenvalue weighted by molar-refractivity contribution is -0.173. The van der Waals surface area contributed by atoms with Crippen LogP contribution in [0.2, 0.25) is 5.02 Å². The zero-order valence-electron chi connectivity index (χ0n) is 26.8. The van der Waals surface area contributed by atoms with Crippen molar-refractivity contribution >= 4 is 36.8 Å². The lowest BCUT2D eigenvalue weighted by atomic mass is 9.74. The summed E-state index contributed by atoms with van der Waals surface area (Å²) in [7, 11) is 0. The number of benzene rings is 4. The van der Waals surface area contributed by atoms with Crippen LogP contribution in [0.5, 0.6) is 0 Å². The van der Waals surface area contributed by atoms with E-state index in [-0.39, 0.29) is 79.7 Å². The number of hydrogen-bond donors (Lipinski definition) is 0. The van der Waals surface area contributed by atoms with E-state index >= 15 is 4.39 Å². The zero-order valence-corrected chi connectivity index (χ0v) is 28.6. The third-order valence-electron chi connectivity index (χ3n) is 10.1. The van der Waals surface area contributed by atoms with E-state index < -0.39 is 11.2 Å². The molecule has 7 nitrogen and oxygen atoms in total. The molecule has 1 aromatic heterocycles. The van der Waals surface area contributed by atoms with Crippen LogP contribution in [0, 0.1) is 18.2 Å². The third-order valence-corrected chi connectivity index (χ3v) is 10.3. The first-order valence-corrected chi connectivity index (χ1v) is 16.6. The molecular formula is C39H34ClFN2O5S. The van der Waals surface area contributed by atoms with Gasteiger partial charge in [-0.2, -0.15) is 18.5 Å². The highest BCUT2D eigenvalue weighted by atomic mass is 35.5. The Morgan fingerprint density at radius 3 is 2.33 bits per heavy atom. The molecule has 0 amide bonds. The number of carbonyl (C=O) groups excluding carboxylic acids is 2. The van der Waals surface area contributed by atoms with Crippen LogP contribution in [0.1, 0.15) is 59.2 Å². The van der Waals surface area contributed by atoms with Gasteiger partial charge in [-0.25, -0.2) is 4.39 Å². The van der Waals surface area contributed by atoms with E-state index in [9.17, 15) is 9.59 Å². The summed E-state index contributed by atoms with van der Waals surface area (Å²) in [5.74, 6) is -0.433. The molecule has 0 spiro atoms. The fourth-order valence-electron chi connectivity index (χ4n) is 7.61. The number of nitrogens with zero attached hydrogens (tertiary/aromatic N) is 2. The molecule has 3 aliphatic rings. The number of hydrogen-bond acceptors (Lipinski definition) is 7. The Hall–Kier alpha value is -4.31. The fraction of sp³-hybridized carbons (Fsp3) is 0.282. The van der Waals surface area contributed by atoms with Crippen LogP contribution in [0.25, 0.3) is 33.6 Å². The number of carbonyl (C=O) groups is 2. The molecule has 0 N–H and O–H groups in total. The van der Waals surface area contributed by atoms with Gasteiger partial charge in [-0.05, 0) is 75.4 Å². The first-order valence-electron chi connectivity index (χ1n) is 16.2. The smallest absolute Gasteiger partial charge is 0.307 e. The summed E-state index contributed by atoms with van der Waals surface area (Å²) in [6, 6.07) is 25.3. The van der Waals surface area contributed by atoms with Gasteiger partial charge in [0.2, 0.25) is 11.7 Å². The highest BCUT2D eigenvalue weighted by Gasteiger charge is 2.48. The Kier molecular flexibility index (Phi) is 8.94. The first kappa shape index (κ1) is 33.2. The third kappa shape index (κ3) is 5.98. The van der Waals surface area contributed by atoms with Crippen molar-refractivity contribution in [3.63, 3.8) is 0 Å². The first-order chi connectivity index (χ1) is 23.3. The molecular weight excluding hydrogens is 663 g/mol. The normalized spacial score (nSPS) is 17.0. The van der Waals surface area contributed by atoms with E-state index in [1.807, 2.05) is 42.5 Å². The van der Waals surface area contributed by atoms with Crippen molar-refractivity contribution in [3.8, 4) is 33.6 Å². The highest BCUT2D eigenvalue weighted by Crippen LogP contribution is 2.46. The maximum Gasteiger partial charge on any atom is 0.307 e. The molecule has 5 aromatic rings. The summed E-state index contributed by atoms with van der Waals surface area (Å²) in [4.78, 5) is 31.3. The second-order valence-electron chi connectivity index (χ2n) is 13.1. The van der Waals surface area contributed by atoms with Gasteiger partial charge >= 0.3 is 5.97 Å². The Labute approximate surface area is 295 Å². The minimum Gasteiger partial charge on any atom is -0.465 e. The predicted octanol–water partition coefficient (Wildman–Crippen LogP) is 8.37. The van der Waals surface area contributed by atoms with Gasteiger partial charge in [-0.1, -0.05) is 83.5 Å². The largest absolute Gasteiger partial charge is 0.465 e. The molecule has 0 radical (unpaired) electrons. The molecule has 4 aromatic carbocycles. The summed E-state index contributed by atoms with van der Waals surface area (Å²) in [6.45, 7) is 2.31. The monoisotopic (exact) mass is 696 g/mol. The number of halogens is 2. The molecule has 10 heteroatoms. The van der Waals surface area contributed by atoms with Crippen LogP contribution in [-0.2, 0) is 25.5 Å². The number of rotatable bonds is 9. The van der Waals surface area contributed by atoms with Gasteiger partial charge < -0.3 is 14.0 Å². The number of ketones is 1. The number of aromatic nitrogens is 2. The van der Waals surface area contributed by atoms with Crippen molar-refractivity contribution in [3.05, 3.63) is 118 Å². The van der Waals surface area contributed by atoms with E-state index in [2.05, 4.69) is 34.4 Å². The summed E-state index contributed by atoms with van der Waals surface area (Å²) < 4.78 is 31.7. The van der Waals surface area contributed by atoms with Crippen molar-refractivity contribution in [1.29, 1.82) is 0 Å². The van der Waals surface area contributed by atoms with E-state index in [1.165, 1.54) is 17.2 Å². The van der Waals surface area contributed by atoms with Gasteiger partial charge in [0.25, 0.3) is 0 Å². The predicted molar refractivity (Wildman–Crippen MR) is 188 cm³/mol. The molecule has 8 rings (SSSR count). The average Bonchev–Trinajstić information content (AvgIpc) is 3.76. The van der Waals surface area contributed by atoms with Crippen LogP contribution in [0.3, 0.4) is 0 Å². The lowest BCUT2D eigenvalue weighted by Gasteiger charge is -2.39. The van der Waals surface area contributed by atoms with E-state index in [0.717, 1.165) is 40.7 Å². The molecule has 1 saturated heterocycles. The molecule has 250 valence electrons. The second kappa shape index (κ2) is 13.2. The molecule has 0 saturated carbocycles. The maximum atomic E-state index is 15.2. The topological polar surface area (TPSA) is 91.5 Å². The van der Waals surface area contributed by atoms with Gasteiger partial charge in [-0.3, -0.25) is 9.59 Å². The van der Waals surface area contributed by atoms with Crippen LogP contribution < -0.4 is 0 Å². The Morgan fingerprint density at radius 1 is 0.959 bits per heavy atom. The highest BCUT2D eigenvalue weighted by molar-refractivity contribution is 7.59. The average molecular weight is 697 g/mol. The molecule has 1 aliphatic heterocycles. The molecule has 0 bridgehead atoms. The Balaban J connectivity index is 0.00000378. The van der Waals surface area contributed by atoms with Crippen molar-refractivity contribution in [1.82, 2.24) is 10.1 Å². The molecule has 49 heavy (non-hydrogen) atoms. The number of fused-ring (bicyclic) bond motifs is 4. The van der Waals surface area contributed by atoms with Crippen LogP contribution in [0.4, 0.5) is 4.39 Å². The number of ether oxygens (including phenoxy) is 2. The minimum absolute atomic E-state index is 0. The maximum absolute atomic E-state index is 15.2. The second-order valence-corrected chi connectivity index (χ2v) is 13.5. The van der Waals surface area contributed by atoms with Gasteiger partial charge in [0.1, 0.15) is 18.2 Å². The van der Waals surface area contributed by atoms with Crippen LogP contribution in [-0.4, -0.2) is 41.7 Å². The SMILES string of the molecule is Cc1nc(-c2c(F)cc(Cl)cc2-c2ccc3c(c2)CC[C@@H]3CC(=O)C2(CC(=O)OCC3c4ccccc4-c4ccccc43)COC2)no1.S. The number of esters is 1. The van der Waals surface area contributed by atoms with Gasteiger partial charge in [0.05, 0.1) is 30.6 Å². The van der Waals surface area contributed by atoms with E-state index in [1.54, 1.807) is 13.0 Å². The van der Waals surface area contributed by atoms with Gasteiger partial charge in [0, 0.05) is 24.3 Å². The zero-order chi connectivity index (χ0) is 33.0. The Bertz CT molecular complexity index is 2050. The van der Waals surface area contributed by atoms with Gasteiger partial charge in [0.15, 0.2) is 0 Å². The Morgan fingerprint density at radius 2 is 1.67 bits per heavy atom. The van der Waals surface area contributed by atoms with Crippen molar-refractivity contribution in [2.75, 3.05) is 19.8 Å². The van der Waals surface area contributed by atoms with E-state index in [0.29, 0.717) is 17.9 Å². The van der Waals surface area contributed by atoms with Crippen LogP contribution in [0.15, 0.2) is 83.4 Å². The van der Waals surface area contributed by atoms with Crippen molar-refractivity contribution in [2.45, 2.75) is 44.4 Å². The standard InChI is InChI=1S/C39H32ClFN2O5.H2S/c1-22-42-38(43-48-22)37-32(16-26(40)17-34(37)41)24-12-13-27-23(14-24)10-11-25(27)15-35(44)39(20-46-21-39)18-36(45)47-19-33-30-8-4-2-6-28(30)29-7-3-5-9-31(29)33;/h2-9,12-14,16-17,25,33H,10-11,15,18-21H2,1H3;1H2/t25-;/m1./s1. The quantitative estimate of drug-likeness (QED) is 0.143. The fourth-order valence-corrected chi connectivity index (χ4v) is 7.81. The molecule has 0 unspecified atom stereocenters. The minimum atomic E-state index is -0.874. The summed E-state index contributed by atoms with van der Waals surface area (Å²) in [5, 5.41) is 4.20. The molecule has 2 heterocycles. The van der Waals surface area contributed by atoms with Crippen molar-refractivity contribution in [2.24, 2.45) is 5.41 Å². The van der Waals surface area contributed by atoms with E-state index in [4.69, 9.17) is 25.6 Å². The summed E-state index contributed by atoms with van der Waals surface area (Å²) >= 11 is 6.27. The lowest BCUT2D eigenvalue weighted by Crippen LogP contribution is -2.51. The molecule has 2 aliphatic carbocycles. The van der Waals surface area contributed by atoms with Crippen molar-refractivity contribution < 1.29 is 28.0 Å².